The van der Waals surface area contributed by atoms with Crippen molar-refractivity contribution in [2.24, 2.45) is 9.98 Å². The molecule has 0 saturated heterocycles. The van der Waals surface area contributed by atoms with Crippen molar-refractivity contribution in [2.45, 2.75) is 0 Å². The summed E-state index contributed by atoms with van der Waals surface area (Å²) in [6.07, 6.45) is 0. The molecule has 160 valence electrons. The molecule has 5 nitrogen and oxygen atoms in total. The normalized spacial score (nSPS) is 8.42. The summed E-state index contributed by atoms with van der Waals surface area (Å²) in [7, 11) is 0. The second-order valence-electron chi connectivity index (χ2n) is 5.09. The van der Waals surface area contributed by atoms with Crippen LogP contribution >= 0.6 is 61.9 Å². The van der Waals surface area contributed by atoms with Crippen molar-refractivity contribution in [1.29, 1.82) is 0 Å². The molecule has 0 fully saturated rings. The van der Waals surface area contributed by atoms with Crippen LogP contribution in [0.4, 0.5) is 0 Å². The molecule has 0 saturated carbocycles. The molecule has 0 N–H and O–H groups in total. The van der Waals surface area contributed by atoms with Crippen LogP contribution in [-0.2, 0) is 63.1 Å². The minimum absolute atomic E-state index is 0. The van der Waals surface area contributed by atoms with Crippen LogP contribution in [0.15, 0.2) is 9.98 Å². The molecule has 0 rings (SSSR count). The van der Waals surface area contributed by atoms with Gasteiger partial charge in [0.2, 0.25) is 0 Å². The van der Waals surface area contributed by atoms with Crippen molar-refractivity contribution >= 4 is 147 Å². The number of nitrogens with zero attached hydrogens (tertiary/aromatic N) is 5. The second-order valence-corrected chi connectivity index (χ2v) is 10.4. The second kappa shape index (κ2) is 32.3. The summed E-state index contributed by atoms with van der Waals surface area (Å²) in [5.74, 6) is 0. The van der Waals surface area contributed by atoms with Crippen molar-refractivity contribution < 1.29 is 148 Å². The summed E-state index contributed by atoms with van der Waals surface area (Å²) in [5, 5.41) is 0. The van der Waals surface area contributed by atoms with E-state index in [9.17, 15) is 0 Å². The van der Waals surface area contributed by atoms with Crippen LogP contribution in [0.2, 0.25) is 0 Å². The Hall–Kier alpha value is 5.81. The first-order valence-electron chi connectivity index (χ1n) is 7.73. The largest absolute Gasteiger partial charge is 1.00 e. The fourth-order valence-corrected chi connectivity index (χ4v) is 3.40. The minimum atomic E-state index is 0. The maximum atomic E-state index is 5.24. The molecule has 0 aromatic rings. The van der Waals surface area contributed by atoms with Crippen molar-refractivity contribution in [1.82, 2.24) is 14.7 Å². The predicted molar refractivity (Wildman–Crippen MR) is 152 cm³/mol. The van der Waals surface area contributed by atoms with E-state index >= 15 is 0 Å². The van der Waals surface area contributed by atoms with Crippen molar-refractivity contribution in [3.63, 3.8) is 0 Å². The van der Waals surface area contributed by atoms with E-state index in [0.717, 1.165) is 0 Å². The number of hydrogen-bond donors (Lipinski definition) is 2. The van der Waals surface area contributed by atoms with E-state index in [1.54, 1.807) is 0 Å². The number of aliphatic imine (C=N–C) groups is 2. The molecular weight excluding hydrogens is 662 g/mol. The first kappa shape index (κ1) is 51.5. The van der Waals surface area contributed by atoms with Gasteiger partial charge < -0.3 is 100 Å². The van der Waals surface area contributed by atoms with E-state index in [-0.39, 0.29) is 157 Å². The van der Waals surface area contributed by atoms with Gasteiger partial charge in [0.15, 0.2) is 0 Å². The Bertz CT molecular complexity index is 565. The van der Waals surface area contributed by atoms with Gasteiger partial charge in [0, 0.05) is 39.3 Å². The van der Waals surface area contributed by atoms with Crippen LogP contribution in [0.5, 0.6) is 0 Å². The molecule has 0 unspecified atom stereocenters. The van der Waals surface area contributed by atoms with Crippen molar-refractivity contribution in [3.8, 4) is 0 Å². The molecule has 0 aromatic heterocycles. The molecule has 0 spiro atoms. The summed E-state index contributed by atoms with van der Waals surface area (Å²) in [6, 6.07) is 0. The van der Waals surface area contributed by atoms with Gasteiger partial charge in [-0.25, -0.2) is 8.75 Å². The van der Waals surface area contributed by atoms with Gasteiger partial charge in [0.25, 0.3) is 0 Å². The van der Waals surface area contributed by atoms with Gasteiger partial charge >= 0.3 is 148 Å². The Morgan fingerprint density at radius 3 is 1.09 bits per heavy atom. The van der Waals surface area contributed by atoms with Crippen LogP contribution in [0.25, 0.3) is 0 Å². The SMILES string of the molecule is S=C([S-])N(CCN=C([S-])[S-])CCN(CCN(CCN=C([S-])[S-])C(=S)S)C(=S)S.[Na+].[Na+].[Na+].[Na+].[Na+]. The molecule has 0 aliphatic rings. The third-order valence-corrected chi connectivity index (χ3v) is 5.42. The molecule has 0 amide bonds. The first-order chi connectivity index (χ1) is 13.0. The zero-order chi connectivity index (χ0) is 21.7. The molecule has 0 aromatic carbocycles. The first-order valence-corrected chi connectivity index (χ1v) is 11.9. The molecule has 0 aliphatic heterocycles. The molecule has 33 heavy (non-hydrogen) atoms. The van der Waals surface area contributed by atoms with E-state index in [1.807, 2.05) is 14.7 Å². The molecular formula is C13H18N5Na5S10. The van der Waals surface area contributed by atoms with Crippen LogP contribution in [0.1, 0.15) is 0 Å². The number of hydrogen-bond acceptors (Lipinski definition) is 10. The minimum Gasteiger partial charge on any atom is -0.789 e. The molecule has 0 aliphatic carbocycles. The summed E-state index contributed by atoms with van der Waals surface area (Å²) >= 11 is 48.3. The van der Waals surface area contributed by atoms with Crippen LogP contribution in [0.3, 0.4) is 0 Å². The summed E-state index contributed by atoms with van der Waals surface area (Å²) in [5.41, 5.74) is 0. The molecule has 20 heteroatoms. The van der Waals surface area contributed by atoms with Gasteiger partial charge in [-0.15, -0.1) is 25.3 Å². The van der Waals surface area contributed by atoms with Gasteiger partial charge in [-0.05, 0) is 0 Å². The third-order valence-electron chi connectivity index (χ3n) is 3.30. The van der Waals surface area contributed by atoms with Gasteiger partial charge in [-0.1, -0.05) is 28.8 Å². The maximum Gasteiger partial charge on any atom is 1.00 e. The van der Waals surface area contributed by atoms with Crippen molar-refractivity contribution in [3.05, 3.63) is 0 Å². The van der Waals surface area contributed by atoms with Gasteiger partial charge in [-0.2, -0.15) is 0 Å². The average molecular weight is 680 g/mol. The summed E-state index contributed by atoms with van der Waals surface area (Å²) in [6.45, 7) is 4.37. The third kappa shape index (κ3) is 30.6. The van der Waals surface area contributed by atoms with E-state index < -0.39 is 0 Å². The van der Waals surface area contributed by atoms with Crippen molar-refractivity contribution in [2.75, 3.05) is 52.4 Å². The fraction of sp³-hybridized carbons (Fsp3) is 0.615. The van der Waals surface area contributed by atoms with E-state index in [2.05, 4.69) is 35.2 Å². The quantitative estimate of drug-likeness (QED) is 0.0516. The molecule has 0 bridgehead atoms. The fourth-order valence-electron chi connectivity index (χ4n) is 1.91. The summed E-state index contributed by atoms with van der Waals surface area (Å²) in [4.78, 5) is 13.7. The summed E-state index contributed by atoms with van der Waals surface area (Å²) < 4.78 is 1.68. The number of thiol groups is 2. The zero-order valence-corrected chi connectivity index (χ0v) is 37.9. The zero-order valence-electron chi connectivity index (χ0n) is 19.6. The monoisotopic (exact) mass is 679 g/mol. The number of thiocarbonyl (C=S) groups is 3. The predicted octanol–water partition coefficient (Wildman–Crippen LogP) is -13.9. The Kier molecular flexibility index (Phi) is 50.5. The maximum absolute atomic E-state index is 5.24. The Labute approximate surface area is 363 Å². The topological polar surface area (TPSA) is 34.4 Å². The number of rotatable bonds is 12. The Morgan fingerprint density at radius 2 is 0.818 bits per heavy atom. The van der Waals surface area contributed by atoms with E-state index in [1.165, 1.54) is 0 Å². The standard InChI is InChI=1S/C13H23N5S10.5Na/c19-9(20)14-1-3-16(11(23)24)5-7-18(13(27)28)8-6-17(12(25)26)4-2-15-10(21)22;;;;;/h1-8H2,(H,23,24)(H,25,26)(H,27,28)(H2,14,19,20)(H2,15,21,22);;;;;/q;5*+1/p-5. The van der Waals surface area contributed by atoms with E-state index in [4.69, 9.17) is 99.8 Å². The van der Waals surface area contributed by atoms with Crippen LogP contribution < -0.4 is 148 Å². The van der Waals surface area contributed by atoms with Crippen LogP contribution in [0, 0.1) is 0 Å². The van der Waals surface area contributed by atoms with E-state index in [0.29, 0.717) is 65.3 Å². The molecule has 0 atom stereocenters. The molecule has 0 heterocycles. The van der Waals surface area contributed by atoms with Crippen LogP contribution in [-0.4, -0.2) is 88.8 Å². The smallest absolute Gasteiger partial charge is 0.789 e. The Morgan fingerprint density at radius 1 is 0.545 bits per heavy atom. The molecule has 0 radical (unpaired) electrons. The average Bonchev–Trinajstić information content (AvgIpc) is 2.56. The van der Waals surface area contributed by atoms with Gasteiger partial charge in [0.05, 0.1) is 13.1 Å². The Balaban J connectivity index is -0.000000364. The van der Waals surface area contributed by atoms with Gasteiger partial charge in [0.1, 0.15) is 8.64 Å². The van der Waals surface area contributed by atoms with Gasteiger partial charge in [-0.3, -0.25) is 0 Å².